The van der Waals surface area contributed by atoms with E-state index in [2.05, 4.69) is 4.72 Å². The summed E-state index contributed by atoms with van der Waals surface area (Å²) in [6.45, 7) is 2.77. The fraction of sp³-hybridized carbons (Fsp3) is 0.615. The highest BCUT2D eigenvalue weighted by atomic mass is 32.2. The number of rotatable bonds is 3. The average molecular weight is 299 g/mol. The fourth-order valence-electron chi connectivity index (χ4n) is 2.56. The number of hydrogen-bond acceptors (Lipinski definition) is 3. The Morgan fingerprint density at radius 1 is 1.40 bits per heavy atom. The smallest absolute Gasteiger partial charge is 0.270 e. The van der Waals surface area contributed by atoms with Gasteiger partial charge in [0, 0.05) is 25.8 Å². The molecule has 1 aliphatic rings. The molecule has 1 unspecified atom stereocenters. The van der Waals surface area contributed by atoms with Gasteiger partial charge in [0.25, 0.3) is 5.91 Å². The van der Waals surface area contributed by atoms with E-state index in [9.17, 15) is 13.2 Å². The molecule has 0 spiro atoms. The highest BCUT2D eigenvalue weighted by Crippen LogP contribution is 2.21. The van der Waals surface area contributed by atoms with Crippen molar-refractivity contribution in [3.63, 3.8) is 0 Å². The van der Waals surface area contributed by atoms with Crippen molar-refractivity contribution in [3.05, 3.63) is 18.0 Å². The van der Waals surface area contributed by atoms with Crippen molar-refractivity contribution in [2.75, 3.05) is 13.6 Å². The van der Waals surface area contributed by atoms with Crippen molar-refractivity contribution in [1.82, 2.24) is 14.2 Å². The van der Waals surface area contributed by atoms with Crippen LogP contribution >= 0.6 is 0 Å². The lowest BCUT2D eigenvalue weighted by Crippen LogP contribution is -2.42. The molecule has 2 heterocycles. The largest absolute Gasteiger partial charge is 0.345 e. The van der Waals surface area contributed by atoms with E-state index in [0.29, 0.717) is 5.69 Å². The molecule has 1 saturated heterocycles. The highest BCUT2D eigenvalue weighted by Gasteiger charge is 2.27. The number of nitrogens with zero attached hydrogens (tertiary/aromatic N) is 2. The van der Waals surface area contributed by atoms with Crippen LogP contribution in [0, 0.1) is 0 Å². The first kappa shape index (κ1) is 15.1. The summed E-state index contributed by atoms with van der Waals surface area (Å²) in [5.74, 6) is -0.0998. The van der Waals surface area contributed by atoms with E-state index in [1.54, 1.807) is 11.6 Å². The highest BCUT2D eigenvalue weighted by molar-refractivity contribution is 7.89. The van der Waals surface area contributed by atoms with Gasteiger partial charge < -0.3 is 9.47 Å². The van der Waals surface area contributed by atoms with Gasteiger partial charge in [0.15, 0.2) is 0 Å². The third kappa shape index (κ3) is 2.73. The predicted molar refractivity (Wildman–Crippen MR) is 76.0 cm³/mol. The van der Waals surface area contributed by atoms with Crippen LogP contribution in [-0.2, 0) is 17.1 Å². The molecule has 0 aliphatic carbocycles. The standard InChI is InChI=1S/C13H21N3O3S/c1-10-6-4-5-7-16(10)13(17)12-8-11(9-15(12)3)20(18,19)14-2/h8-10,14H,4-7H2,1-3H3. The summed E-state index contributed by atoms with van der Waals surface area (Å²) >= 11 is 0. The molecule has 20 heavy (non-hydrogen) atoms. The molecule has 1 amide bonds. The van der Waals surface area contributed by atoms with E-state index in [4.69, 9.17) is 0 Å². The third-order valence-electron chi connectivity index (χ3n) is 3.84. The predicted octanol–water partition coefficient (Wildman–Crippen LogP) is 0.948. The van der Waals surface area contributed by atoms with E-state index in [1.165, 1.54) is 19.3 Å². The molecular weight excluding hydrogens is 278 g/mol. The molecule has 0 aromatic carbocycles. The first-order valence-corrected chi connectivity index (χ1v) is 8.26. The van der Waals surface area contributed by atoms with Crippen LogP contribution in [0.4, 0.5) is 0 Å². The maximum Gasteiger partial charge on any atom is 0.270 e. The lowest BCUT2D eigenvalue weighted by atomic mass is 10.0. The number of hydrogen-bond donors (Lipinski definition) is 1. The molecule has 1 fully saturated rings. The maximum atomic E-state index is 12.5. The number of nitrogens with one attached hydrogen (secondary N) is 1. The molecule has 6 nitrogen and oxygen atoms in total. The second kappa shape index (κ2) is 5.57. The van der Waals surface area contributed by atoms with E-state index in [-0.39, 0.29) is 16.8 Å². The molecule has 1 aliphatic heterocycles. The summed E-state index contributed by atoms with van der Waals surface area (Å²) < 4.78 is 27.4. The first-order chi connectivity index (χ1) is 9.36. The zero-order chi connectivity index (χ0) is 14.9. The van der Waals surface area contributed by atoms with Crippen LogP contribution in [0.3, 0.4) is 0 Å². The number of aryl methyl sites for hydroxylation is 1. The lowest BCUT2D eigenvalue weighted by Gasteiger charge is -2.33. The van der Waals surface area contributed by atoms with Gasteiger partial charge >= 0.3 is 0 Å². The molecule has 112 valence electrons. The van der Waals surface area contributed by atoms with Crippen LogP contribution in [0.1, 0.15) is 36.7 Å². The van der Waals surface area contributed by atoms with Crippen LogP contribution in [-0.4, -0.2) is 43.4 Å². The van der Waals surface area contributed by atoms with Gasteiger partial charge in [-0.15, -0.1) is 0 Å². The number of likely N-dealkylation sites (tertiary alicyclic amines) is 1. The zero-order valence-electron chi connectivity index (χ0n) is 12.1. The van der Waals surface area contributed by atoms with E-state index < -0.39 is 10.0 Å². The summed E-state index contributed by atoms with van der Waals surface area (Å²) in [5.41, 5.74) is 0.410. The van der Waals surface area contributed by atoms with Crippen LogP contribution in [0.5, 0.6) is 0 Å². The van der Waals surface area contributed by atoms with Gasteiger partial charge in [-0.2, -0.15) is 0 Å². The van der Waals surface area contributed by atoms with E-state index >= 15 is 0 Å². The number of carbonyl (C=O) groups excluding carboxylic acids is 1. The normalized spacial score (nSPS) is 20.1. The molecule has 0 radical (unpaired) electrons. The van der Waals surface area contributed by atoms with Gasteiger partial charge in [-0.3, -0.25) is 4.79 Å². The van der Waals surface area contributed by atoms with E-state index in [0.717, 1.165) is 25.8 Å². The van der Waals surface area contributed by atoms with Gasteiger partial charge in [0.05, 0.1) is 0 Å². The van der Waals surface area contributed by atoms with Crippen molar-refractivity contribution in [2.45, 2.75) is 37.1 Å². The van der Waals surface area contributed by atoms with Gasteiger partial charge in [0.2, 0.25) is 10.0 Å². The Bertz CT molecular complexity index is 606. The summed E-state index contributed by atoms with van der Waals surface area (Å²) in [6.07, 6.45) is 4.60. The average Bonchev–Trinajstić information content (AvgIpc) is 2.81. The first-order valence-electron chi connectivity index (χ1n) is 6.77. The van der Waals surface area contributed by atoms with Crippen molar-refractivity contribution < 1.29 is 13.2 Å². The van der Waals surface area contributed by atoms with Gasteiger partial charge in [-0.25, -0.2) is 13.1 Å². The molecule has 1 N–H and O–H groups in total. The topological polar surface area (TPSA) is 71.4 Å². The molecule has 2 rings (SSSR count). The second-order valence-corrected chi connectivity index (χ2v) is 7.11. The summed E-state index contributed by atoms with van der Waals surface area (Å²) in [7, 11) is -0.471. The monoisotopic (exact) mass is 299 g/mol. The van der Waals surface area contributed by atoms with Gasteiger partial charge in [-0.05, 0) is 39.3 Å². The quantitative estimate of drug-likeness (QED) is 0.903. The molecule has 1 aromatic rings. The number of carbonyl (C=O) groups is 1. The van der Waals surface area contributed by atoms with Crippen LogP contribution in [0.15, 0.2) is 17.2 Å². The molecular formula is C13H21N3O3S. The molecule has 0 saturated carbocycles. The molecule has 0 bridgehead atoms. The number of amides is 1. The van der Waals surface area contributed by atoms with Crippen molar-refractivity contribution in [1.29, 1.82) is 0 Å². The van der Waals surface area contributed by atoms with Gasteiger partial charge in [0.1, 0.15) is 10.6 Å². The zero-order valence-corrected chi connectivity index (χ0v) is 12.9. The van der Waals surface area contributed by atoms with Crippen LogP contribution in [0.25, 0.3) is 0 Å². The SMILES string of the molecule is CNS(=O)(=O)c1cc(C(=O)N2CCCCC2C)n(C)c1. The Labute approximate surface area is 119 Å². The Morgan fingerprint density at radius 2 is 2.10 bits per heavy atom. The summed E-state index contributed by atoms with van der Waals surface area (Å²) in [6, 6.07) is 1.64. The van der Waals surface area contributed by atoms with Crippen molar-refractivity contribution >= 4 is 15.9 Å². The molecule has 7 heteroatoms. The second-order valence-electron chi connectivity index (χ2n) is 5.22. The fourth-order valence-corrected chi connectivity index (χ4v) is 3.36. The lowest BCUT2D eigenvalue weighted by molar-refractivity contribution is 0.0625. The van der Waals surface area contributed by atoms with Crippen molar-refractivity contribution in [2.24, 2.45) is 7.05 Å². The van der Waals surface area contributed by atoms with Crippen LogP contribution < -0.4 is 4.72 Å². The Morgan fingerprint density at radius 3 is 2.70 bits per heavy atom. The number of piperidine rings is 1. The minimum Gasteiger partial charge on any atom is -0.345 e. The molecule has 1 atom stereocenters. The number of sulfonamides is 1. The summed E-state index contributed by atoms with van der Waals surface area (Å²) in [4.78, 5) is 14.5. The Hall–Kier alpha value is -1.34. The maximum absolute atomic E-state index is 12.5. The minimum absolute atomic E-state index is 0.0998. The number of aromatic nitrogens is 1. The molecule has 1 aromatic heterocycles. The van der Waals surface area contributed by atoms with Crippen LogP contribution in [0.2, 0.25) is 0 Å². The third-order valence-corrected chi connectivity index (χ3v) is 5.22. The Balaban J connectivity index is 2.31. The minimum atomic E-state index is -3.52. The van der Waals surface area contributed by atoms with E-state index in [1.807, 2.05) is 11.8 Å². The van der Waals surface area contributed by atoms with Crippen molar-refractivity contribution in [3.8, 4) is 0 Å². The summed E-state index contributed by atoms with van der Waals surface area (Å²) in [5, 5.41) is 0. The Kier molecular flexibility index (Phi) is 4.19. The van der Waals surface area contributed by atoms with Gasteiger partial charge in [-0.1, -0.05) is 0 Å².